The summed E-state index contributed by atoms with van der Waals surface area (Å²) in [5.41, 5.74) is 1.34. The lowest BCUT2D eigenvalue weighted by atomic mass is 9.88. The van der Waals surface area contributed by atoms with Crippen LogP contribution in [0.4, 0.5) is 0 Å². The zero-order valence-electron chi connectivity index (χ0n) is 12.2. The number of hydrogen-bond donors (Lipinski definition) is 0. The van der Waals surface area contributed by atoms with Crippen molar-refractivity contribution in [2.75, 3.05) is 20.1 Å². The van der Waals surface area contributed by atoms with Gasteiger partial charge in [0.05, 0.1) is 0 Å². The van der Waals surface area contributed by atoms with Crippen molar-refractivity contribution in [1.29, 1.82) is 0 Å². The smallest absolute Gasteiger partial charge is 0.121 e. The number of nitrogens with zero attached hydrogens (tertiary/aromatic N) is 1. The zero-order chi connectivity index (χ0) is 14.7. The van der Waals surface area contributed by atoms with Crippen molar-refractivity contribution in [3.05, 3.63) is 65.2 Å². The average molecular weight is 302 g/mol. The SMILES string of the molecule is CN1CC[C@H](Oc2cccc(Cl)c2)[C@H](c2ccccc2)C1. The summed E-state index contributed by atoms with van der Waals surface area (Å²) in [6.45, 7) is 2.09. The van der Waals surface area contributed by atoms with Gasteiger partial charge in [0.25, 0.3) is 0 Å². The van der Waals surface area contributed by atoms with E-state index in [1.165, 1.54) is 5.56 Å². The minimum Gasteiger partial charge on any atom is -0.490 e. The minimum atomic E-state index is 0.196. The van der Waals surface area contributed by atoms with E-state index in [-0.39, 0.29) is 6.10 Å². The average Bonchev–Trinajstić information content (AvgIpc) is 2.50. The highest BCUT2D eigenvalue weighted by atomic mass is 35.5. The summed E-state index contributed by atoms with van der Waals surface area (Å²) in [7, 11) is 2.17. The lowest BCUT2D eigenvalue weighted by Gasteiger charge is -2.37. The van der Waals surface area contributed by atoms with Crippen LogP contribution in [0.3, 0.4) is 0 Å². The summed E-state index contributed by atoms with van der Waals surface area (Å²) in [5.74, 6) is 1.25. The van der Waals surface area contributed by atoms with Gasteiger partial charge < -0.3 is 9.64 Å². The van der Waals surface area contributed by atoms with Gasteiger partial charge in [-0.3, -0.25) is 0 Å². The fraction of sp³-hybridized carbons (Fsp3) is 0.333. The number of hydrogen-bond acceptors (Lipinski definition) is 2. The first-order chi connectivity index (χ1) is 10.2. The summed E-state index contributed by atoms with van der Waals surface area (Å²) in [6.07, 6.45) is 1.23. The van der Waals surface area contributed by atoms with Gasteiger partial charge in [0.2, 0.25) is 0 Å². The van der Waals surface area contributed by atoms with Gasteiger partial charge in [0, 0.05) is 24.0 Å². The Morgan fingerprint density at radius 2 is 1.90 bits per heavy atom. The van der Waals surface area contributed by atoms with E-state index in [1.54, 1.807) is 0 Å². The molecule has 0 radical (unpaired) electrons. The first kappa shape index (κ1) is 14.4. The van der Waals surface area contributed by atoms with Gasteiger partial charge in [-0.15, -0.1) is 0 Å². The first-order valence-corrected chi connectivity index (χ1v) is 7.76. The maximum atomic E-state index is 6.24. The highest BCUT2D eigenvalue weighted by Gasteiger charge is 2.30. The fourth-order valence-electron chi connectivity index (χ4n) is 2.97. The van der Waals surface area contributed by atoms with Gasteiger partial charge in [0.15, 0.2) is 0 Å². The molecule has 2 nitrogen and oxygen atoms in total. The Balaban J connectivity index is 1.81. The number of piperidine rings is 1. The van der Waals surface area contributed by atoms with Crippen molar-refractivity contribution < 1.29 is 4.74 Å². The van der Waals surface area contributed by atoms with Crippen LogP contribution in [0.25, 0.3) is 0 Å². The maximum Gasteiger partial charge on any atom is 0.121 e. The Morgan fingerprint density at radius 3 is 2.67 bits per heavy atom. The second-order valence-corrected chi connectivity index (χ2v) is 6.12. The van der Waals surface area contributed by atoms with E-state index >= 15 is 0 Å². The molecular formula is C18H20ClNO. The third kappa shape index (κ3) is 3.58. The molecule has 2 atom stereocenters. The molecular weight excluding hydrogens is 282 g/mol. The highest BCUT2D eigenvalue weighted by Crippen LogP contribution is 2.31. The first-order valence-electron chi connectivity index (χ1n) is 7.38. The Kier molecular flexibility index (Phi) is 4.47. The van der Waals surface area contributed by atoms with Crippen molar-refractivity contribution in [1.82, 2.24) is 4.90 Å². The number of rotatable bonds is 3. The van der Waals surface area contributed by atoms with Crippen LogP contribution in [0.2, 0.25) is 5.02 Å². The van der Waals surface area contributed by atoms with E-state index in [0.29, 0.717) is 5.92 Å². The molecule has 1 saturated heterocycles. The predicted molar refractivity (Wildman–Crippen MR) is 87.2 cm³/mol. The van der Waals surface area contributed by atoms with Crippen molar-refractivity contribution >= 4 is 11.6 Å². The highest BCUT2D eigenvalue weighted by molar-refractivity contribution is 6.30. The summed E-state index contributed by atoms with van der Waals surface area (Å²) in [6, 6.07) is 18.3. The lowest BCUT2D eigenvalue weighted by Crippen LogP contribution is -2.42. The molecule has 1 heterocycles. The Bertz CT molecular complexity index is 587. The van der Waals surface area contributed by atoms with Gasteiger partial charge in [-0.1, -0.05) is 48.0 Å². The Labute approximate surface area is 131 Å². The number of ether oxygens (including phenoxy) is 1. The summed E-state index contributed by atoms with van der Waals surface area (Å²) < 4.78 is 6.24. The molecule has 0 amide bonds. The van der Waals surface area contributed by atoms with Gasteiger partial charge in [0.1, 0.15) is 11.9 Å². The molecule has 0 bridgehead atoms. The quantitative estimate of drug-likeness (QED) is 0.842. The van der Waals surface area contributed by atoms with Crippen LogP contribution in [-0.4, -0.2) is 31.1 Å². The molecule has 0 N–H and O–H groups in total. The molecule has 1 fully saturated rings. The summed E-state index contributed by atoms with van der Waals surface area (Å²) in [4.78, 5) is 2.37. The molecule has 3 heteroatoms. The van der Waals surface area contributed by atoms with E-state index in [2.05, 4.69) is 42.3 Å². The molecule has 0 saturated carbocycles. The molecule has 0 unspecified atom stereocenters. The number of halogens is 1. The molecule has 21 heavy (non-hydrogen) atoms. The van der Waals surface area contributed by atoms with Crippen molar-refractivity contribution in [3.8, 4) is 5.75 Å². The van der Waals surface area contributed by atoms with Crippen LogP contribution in [-0.2, 0) is 0 Å². The van der Waals surface area contributed by atoms with Gasteiger partial charge >= 0.3 is 0 Å². The van der Waals surface area contributed by atoms with Crippen LogP contribution < -0.4 is 4.74 Å². The molecule has 1 aliphatic heterocycles. The predicted octanol–water partition coefficient (Wildman–Crippen LogP) is 4.21. The molecule has 0 aromatic heterocycles. The van der Waals surface area contributed by atoms with Crippen LogP contribution in [0.15, 0.2) is 54.6 Å². The van der Waals surface area contributed by atoms with Crippen LogP contribution in [0.1, 0.15) is 17.9 Å². The standard InChI is InChI=1S/C18H20ClNO/c1-20-11-10-18(21-16-9-5-8-15(19)12-16)17(13-20)14-6-3-2-4-7-14/h2-9,12,17-18H,10-11,13H2,1H3/t17-,18-/m0/s1. The minimum absolute atomic E-state index is 0.196. The van der Waals surface area contributed by atoms with E-state index in [4.69, 9.17) is 16.3 Å². The third-order valence-electron chi connectivity index (χ3n) is 4.06. The Morgan fingerprint density at radius 1 is 1.10 bits per heavy atom. The van der Waals surface area contributed by atoms with E-state index in [0.717, 1.165) is 30.3 Å². The largest absolute Gasteiger partial charge is 0.490 e. The topological polar surface area (TPSA) is 12.5 Å². The van der Waals surface area contributed by atoms with Crippen LogP contribution in [0, 0.1) is 0 Å². The second kappa shape index (κ2) is 6.50. The molecule has 0 aliphatic carbocycles. The monoisotopic (exact) mass is 301 g/mol. The molecule has 2 aromatic rings. The maximum absolute atomic E-state index is 6.24. The lowest BCUT2D eigenvalue weighted by molar-refractivity contribution is 0.0902. The third-order valence-corrected chi connectivity index (χ3v) is 4.30. The molecule has 110 valence electrons. The molecule has 1 aliphatic rings. The summed E-state index contributed by atoms with van der Waals surface area (Å²) in [5, 5.41) is 0.719. The number of likely N-dealkylation sites (tertiary alicyclic amines) is 1. The van der Waals surface area contributed by atoms with E-state index < -0.39 is 0 Å². The second-order valence-electron chi connectivity index (χ2n) is 5.68. The number of benzene rings is 2. The van der Waals surface area contributed by atoms with Crippen molar-refractivity contribution in [2.24, 2.45) is 0 Å². The van der Waals surface area contributed by atoms with Crippen LogP contribution >= 0.6 is 11.6 Å². The zero-order valence-corrected chi connectivity index (χ0v) is 13.0. The van der Waals surface area contributed by atoms with Crippen LogP contribution in [0.5, 0.6) is 5.75 Å². The molecule has 0 spiro atoms. The van der Waals surface area contributed by atoms with E-state index in [1.807, 2.05) is 24.3 Å². The number of likely N-dealkylation sites (N-methyl/N-ethyl adjacent to an activating group) is 1. The molecule has 3 rings (SSSR count). The van der Waals surface area contributed by atoms with Gasteiger partial charge in [-0.2, -0.15) is 0 Å². The van der Waals surface area contributed by atoms with Gasteiger partial charge in [-0.05, 0) is 37.2 Å². The molecule has 2 aromatic carbocycles. The normalized spacial score (nSPS) is 23.0. The van der Waals surface area contributed by atoms with E-state index in [9.17, 15) is 0 Å². The van der Waals surface area contributed by atoms with Crippen molar-refractivity contribution in [2.45, 2.75) is 18.4 Å². The summed E-state index contributed by atoms with van der Waals surface area (Å²) >= 11 is 6.05. The van der Waals surface area contributed by atoms with Gasteiger partial charge in [-0.25, -0.2) is 0 Å². The Hall–Kier alpha value is -1.51. The fourth-order valence-corrected chi connectivity index (χ4v) is 3.15. The van der Waals surface area contributed by atoms with Crippen molar-refractivity contribution in [3.63, 3.8) is 0 Å².